The number of piperazine rings is 1. The van der Waals surface area contributed by atoms with E-state index in [2.05, 4.69) is 15.6 Å². The maximum absolute atomic E-state index is 12.1. The summed E-state index contributed by atoms with van der Waals surface area (Å²) in [5.41, 5.74) is 1.74. The molecule has 0 saturated carbocycles. The minimum atomic E-state index is -0.0200. The van der Waals surface area contributed by atoms with Gasteiger partial charge in [0.15, 0.2) is 0 Å². The lowest BCUT2D eigenvalue weighted by Crippen LogP contribution is -2.46. The molecule has 4 rings (SSSR count). The number of aromatic nitrogens is 1. The Morgan fingerprint density at radius 3 is 2.92 bits per heavy atom. The van der Waals surface area contributed by atoms with E-state index in [-0.39, 0.29) is 11.8 Å². The van der Waals surface area contributed by atoms with Crippen molar-refractivity contribution < 1.29 is 14.3 Å². The molecule has 1 aromatic heterocycles. The van der Waals surface area contributed by atoms with Crippen molar-refractivity contribution in [2.45, 2.75) is 19.3 Å². The summed E-state index contributed by atoms with van der Waals surface area (Å²) in [6.07, 6.45) is 1.58. The molecule has 0 atom stereocenters. The molecule has 2 N–H and O–H groups in total. The number of benzene rings is 1. The molecule has 0 spiro atoms. The highest BCUT2D eigenvalue weighted by atomic mass is 16.5. The van der Waals surface area contributed by atoms with E-state index in [0.717, 1.165) is 48.4 Å². The van der Waals surface area contributed by atoms with Crippen molar-refractivity contribution in [3.05, 3.63) is 29.8 Å². The first kappa shape index (κ1) is 16.8. The summed E-state index contributed by atoms with van der Waals surface area (Å²) in [6, 6.07) is 7.68. The number of hydrogen-bond donors (Lipinski definition) is 2. The molecule has 136 valence electrons. The molecule has 7 nitrogen and oxygen atoms in total. The molecule has 26 heavy (non-hydrogen) atoms. The Morgan fingerprint density at radius 2 is 2.08 bits per heavy atom. The number of carbonyl (C=O) groups is 2. The average Bonchev–Trinajstić information content (AvgIpc) is 3.02. The molecule has 1 fully saturated rings. The van der Waals surface area contributed by atoms with Gasteiger partial charge < -0.3 is 20.3 Å². The maximum atomic E-state index is 12.1. The SMILES string of the molecule is O=C1Cc2cc3cc(OCCCC(=O)N4CCNCC4)ccc3nc2N1. The molecule has 0 bridgehead atoms. The predicted octanol–water partition coefficient (Wildman–Crippen LogP) is 1.32. The van der Waals surface area contributed by atoms with Crippen LogP contribution in [0, 0.1) is 0 Å². The minimum absolute atomic E-state index is 0.0200. The van der Waals surface area contributed by atoms with Crippen molar-refractivity contribution in [1.82, 2.24) is 15.2 Å². The van der Waals surface area contributed by atoms with E-state index in [1.807, 2.05) is 29.2 Å². The highest BCUT2D eigenvalue weighted by molar-refractivity contribution is 6.00. The summed E-state index contributed by atoms with van der Waals surface area (Å²) < 4.78 is 5.80. The van der Waals surface area contributed by atoms with Gasteiger partial charge in [-0.05, 0) is 30.7 Å². The van der Waals surface area contributed by atoms with E-state index in [4.69, 9.17) is 4.74 Å². The number of anilines is 1. The minimum Gasteiger partial charge on any atom is -0.494 e. The third kappa shape index (κ3) is 3.62. The van der Waals surface area contributed by atoms with Crippen molar-refractivity contribution in [2.75, 3.05) is 38.1 Å². The molecule has 1 aromatic carbocycles. The topological polar surface area (TPSA) is 83.6 Å². The van der Waals surface area contributed by atoms with Crippen molar-refractivity contribution >= 4 is 28.5 Å². The van der Waals surface area contributed by atoms with Crippen LogP contribution in [0.3, 0.4) is 0 Å². The van der Waals surface area contributed by atoms with Crippen LogP contribution >= 0.6 is 0 Å². The van der Waals surface area contributed by atoms with Gasteiger partial charge in [-0.25, -0.2) is 4.98 Å². The molecule has 2 aliphatic heterocycles. The molecule has 0 radical (unpaired) electrons. The summed E-state index contributed by atoms with van der Waals surface area (Å²) in [5, 5.41) is 6.96. The van der Waals surface area contributed by atoms with Gasteiger partial charge in [-0.2, -0.15) is 0 Å². The third-order valence-electron chi connectivity index (χ3n) is 4.75. The number of amides is 2. The van der Waals surface area contributed by atoms with Crippen LogP contribution in [0.1, 0.15) is 18.4 Å². The molecule has 3 heterocycles. The zero-order valence-electron chi connectivity index (χ0n) is 14.6. The monoisotopic (exact) mass is 354 g/mol. The smallest absolute Gasteiger partial charge is 0.230 e. The Kier molecular flexibility index (Phi) is 4.71. The number of fused-ring (bicyclic) bond motifs is 2. The van der Waals surface area contributed by atoms with Crippen LogP contribution in [0.25, 0.3) is 10.9 Å². The number of nitrogens with zero attached hydrogens (tertiary/aromatic N) is 2. The lowest BCUT2D eigenvalue weighted by atomic mass is 10.1. The van der Waals surface area contributed by atoms with E-state index in [9.17, 15) is 9.59 Å². The second-order valence-corrected chi connectivity index (χ2v) is 6.66. The van der Waals surface area contributed by atoms with Gasteiger partial charge in [-0.1, -0.05) is 0 Å². The normalized spacial score (nSPS) is 16.5. The Hall–Kier alpha value is -2.67. The predicted molar refractivity (Wildman–Crippen MR) is 98.3 cm³/mol. The fourth-order valence-corrected chi connectivity index (χ4v) is 3.37. The van der Waals surface area contributed by atoms with E-state index in [1.165, 1.54) is 0 Å². The molecule has 7 heteroatoms. The van der Waals surface area contributed by atoms with Crippen LogP contribution in [0.2, 0.25) is 0 Å². The number of rotatable bonds is 5. The number of pyridine rings is 1. The standard InChI is InChI=1S/C19H22N4O3/c24-17-12-14-10-13-11-15(3-4-16(13)21-19(14)22-17)26-9-1-2-18(25)23-7-5-20-6-8-23/h3-4,10-11,20H,1-2,5-9,12H2,(H,21,22,24). The molecule has 2 amide bonds. The van der Waals surface area contributed by atoms with E-state index in [1.54, 1.807) is 0 Å². The molecule has 0 aliphatic carbocycles. The van der Waals surface area contributed by atoms with Gasteiger partial charge in [-0.15, -0.1) is 0 Å². The fourth-order valence-electron chi connectivity index (χ4n) is 3.37. The van der Waals surface area contributed by atoms with Crippen molar-refractivity contribution in [2.24, 2.45) is 0 Å². The van der Waals surface area contributed by atoms with Gasteiger partial charge in [0, 0.05) is 43.5 Å². The lowest BCUT2D eigenvalue weighted by Gasteiger charge is -2.27. The highest BCUT2D eigenvalue weighted by Crippen LogP contribution is 2.27. The first-order chi connectivity index (χ1) is 12.7. The Morgan fingerprint density at radius 1 is 1.23 bits per heavy atom. The van der Waals surface area contributed by atoms with E-state index in [0.29, 0.717) is 31.7 Å². The molecular weight excluding hydrogens is 332 g/mol. The summed E-state index contributed by atoms with van der Waals surface area (Å²) in [7, 11) is 0. The highest BCUT2D eigenvalue weighted by Gasteiger charge is 2.19. The zero-order valence-corrected chi connectivity index (χ0v) is 14.6. The van der Waals surface area contributed by atoms with Crippen LogP contribution in [0.5, 0.6) is 5.75 Å². The van der Waals surface area contributed by atoms with E-state index < -0.39 is 0 Å². The molecule has 2 aliphatic rings. The van der Waals surface area contributed by atoms with Crippen LogP contribution in [-0.2, 0) is 16.0 Å². The van der Waals surface area contributed by atoms with Crippen LogP contribution < -0.4 is 15.4 Å². The largest absolute Gasteiger partial charge is 0.494 e. The molecule has 1 saturated heterocycles. The average molecular weight is 354 g/mol. The Labute approximate surface area is 151 Å². The molecular formula is C19H22N4O3. The number of nitrogens with one attached hydrogen (secondary N) is 2. The van der Waals surface area contributed by atoms with Gasteiger partial charge >= 0.3 is 0 Å². The van der Waals surface area contributed by atoms with Crippen molar-refractivity contribution in [1.29, 1.82) is 0 Å². The summed E-state index contributed by atoms with van der Waals surface area (Å²) in [4.78, 5) is 30.0. The van der Waals surface area contributed by atoms with Gasteiger partial charge in [0.05, 0.1) is 18.5 Å². The first-order valence-electron chi connectivity index (χ1n) is 9.04. The summed E-state index contributed by atoms with van der Waals surface area (Å²) in [6.45, 7) is 3.83. The van der Waals surface area contributed by atoms with Crippen molar-refractivity contribution in [3.8, 4) is 5.75 Å². The molecule has 2 aromatic rings. The quantitative estimate of drug-likeness (QED) is 0.792. The van der Waals surface area contributed by atoms with Crippen LogP contribution in [0.15, 0.2) is 24.3 Å². The van der Waals surface area contributed by atoms with E-state index >= 15 is 0 Å². The fraction of sp³-hybridized carbons (Fsp3) is 0.421. The van der Waals surface area contributed by atoms with Gasteiger partial charge in [0.25, 0.3) is 0 Å². The second kappa shape index (κ2) is 7.29. The van der Waals surface area contributed by atoms with Gasteiger partial charge in [0.1, 0.15) is 11.6 Å². The Bertz CT molecular complexity index is 846. The maximum Gasteiger partial charge on any atom is 0.230 e. The van der Waals surface area contributed by atoms with Crippen LogP contribution in [-0.4, -0.2) is 54.5 Å². The second-order valence-electron chi connectivity index (χ2n) is 6.66. The van der Waals surface area contributed by atoms with Crippen molar-refractivity contribution in [3.63, 3.8) is 0 Å². The summed E-state index contributed by atoms with van der Waals surface area (Å²) in [5.74, 6) is 1.59. The van der Waals surface area contributed by atoms with Crippen LogP contribution in [0.4, 0.5) is 5.82 Å². The number of ether oxygens (including phenoxy) is 1. The Balaban J connectivity index is 1.32. The zero-order chi connectivity index (χ0) is 17.9. The number of hydrogen-bond acceptors (Lipinski definition) is 5. The third-order valence-corrected chi connectivity index (χ3v) is 4.75. The lowest BCUT2D eigenvalue weighted by molar-refractivity contribution is -0.132. The first-order valence-corrected chi connectivity index (χ1v) is 9.04. The number of carbonyl (C=O) groups excluding carboxylic acids is 2. The van der Waals surface area contributed by atoms with Gasteiger partial charge in [0.2, 0.25) is 11.8 Å². The molecule has 0 unspecified atom stereocenters. The summed E-state index contributed by atoms with van der Waals surface area (Å²) >= 11 is 0. The van der Waals surface area contributed by atoms with Gasteiger partial charge in [-0.3, -0.25) is 9.59 Å².